The van der Waals surface area contributed by atoms with E-state index in [0.717, 1.165) is 43.8 Å². The molecule has 7 heteroatoms. The van der Waals surface area contributed by atoms with Gasteiger partial charge in [-0.25, -0.2) is 4.79 Å². The highest BCUT2D eigenvalue weighted by Crippen LogP contribution is 2.32. The van der Waals surface area contributed by atoms with Gasteiger partial charge in [0.15, 0.2) is 0 Å². The zero-order chi connectivity index (χ0) is 18.9. The van der Waals surface area contributed by atoms with Crippen LogP contribution in [0.15, 0.2) is 36.7 Å². The maximum Gasteiger partial charge on any atom is 0.410 e. The first-order chi connectivity index (χ1) is 13.1. The van der Waals surface area contributed by atoms with Gasteiger partial charge in [0.1, 0.15) is 11.4 Å². The quantitative estimate of drug-likeness (QED) is 0.809. The summed E-state index contributed by atoms with van der Waals surface area (Å²) in [7, 11) is 3.50. The fourth-order valence-corrected chi connectivity index (χ4v) is 4.21. The first-order valence-electron chi connectivity index (χ1n) is 9.37. The van der Waals surface area contributed by atoms with Crippen molar-refractivity contribution in [2.45, 2.75) is 31.5 Å². The predicted molar refractivity (Wildman–Crippen MR) is 101 cm³/mol. The molecule has 2 aliphatic rings. The average Bonchev–Trinajstić information content (AvgIpc) is 3.24. The molecule has 4 rings (SSSR count). The number of likely N-dealkylation sites (tertiary alicyclic amines) is 1. The molecule has 1 spiro atoms. The van der Waals surface area contributed by atoms with Crippen molar-refractivity contribution in [3.05, 3.63) is 47.8 Å². The van der Waals surface area contributed by atoms with E-state index in [4.69, 9.17) is 9.47 Å². The Morgan fingerprint density at radius 3 is 2.89 bits per heavy atom. The van der Waals surface area contributed by atoms with E-state index < -0.39 is 0 Å². The number of ether oxygens (including phenoxy) is 2. The number of rotatable bonds is 5. The molecule has 2 aliphatic heterocycles. The molecule has 144 valence electrons. The van der Waals surface area contributed by atoms with E-state index in [2.05, 4.69) is 22.1 Å². The smallest absolute Gasteiger partial charge is 0.410 e. The monoisotopic (exact) mass is 370 g/mol. The summed E-state index contributed by atoms with van der Waals surface area (Å²) in [5, 5.41) is 4.29. The van der Waals surface area contributed by atoms with Gasteiger partial charge in [0, 0.05) is 38.1 Å². The minimum atomic E-state index is -0.353. The van der Waals surface area contributed by atoms with Gasteiger partial charge in [-0.2, -0.15) is 5.10 Å². The van der Waals surface area contributed by atoms with Crippen molar-refractivity contribution >= 4 is 6.09 Å². The van der Waals surface area contributed by atoms with Gasteiger partial charge in [-0.1, -0.05) is 6.07 Å². The van der Waals surface area contributed by atoms with E-state index in [0.29, 0.717) is 13.1 Å². The number of carbonyl (C=O) groups excluding carboxylic acids is 1. The van der Waals surface area contributed by atoms with Crippen molar-refractivity contribution in [2.24, 2.45) is 0 Å². The Labute approximate surface area is 159 Å². The molecule has 1 unspecified atom stereocenters. The summed E-state index contributed by atoms with van der Waals surface area (Å²) in [4.78, 5) is 15.9. The summed E-state index contributed by atoms with van der Waals surface area (Å²) in [5.41, 5.74) is 1.99. The number of hydrogen-bond donors (Lipinski definition) is 0. The minimum Gasteiger partial charge on any atom is -0.496 e. The van der Waals surface area contributed by atoms with Gasteiger partial charge < -0.3 is 14.4 Å². The summed E-state index contributed by atoms with van der Waals surface area (Å²) >= 11 is 0. The maximum absolute atomic E-state index is 11.8. The number of hydrogen-bond acceptors (Lipinski definition) is 5. The molecule has 1 atom stereocenters. The van der Waals surface area contributed by atoms with Crippen LogP contribution in [0.3, 0.4) is 0 Å². The highest BCUT2D eigenvalue weighted by atomic mass is 16.6. The number of benzene rings is 1. The normalized spacial score (nSPS) is 23.0. The third kappa shape index (κ3) is 3.78. The predicted octanol–water partition coefficient (Wildman–Crippen LogP) is 2.36. The van der Waals surface area contributed by atoms with Crippen LogP contribution in [0.4, 0.5) is 4.79 Å². The Hall–Kier alpha value is -2.54. The van der Waals surface area contributed by atoms with Crippen molar-refractivity contribution in [1.82, 2.24) is 19.6 Å². The van der Waals surface area contributed by atoms with Crippen LogP contribution in [-0.4, -0.2) is 65.1 Å². The largest absolute Gasteiger partial charge is 0.496 e. The van der Waals surface area contributed by atoms with Crippen LogP contribution in [-0.2, 0) is 17.8 Å². The highest BCUT2D eigenvalue weighted by molar-refractivity contribution is 5.70. The molecule has 3 heterocycles. The lowest BCUT2D eigenvalue weighted by Crippen LogP contribution is -2.50. The van der Waals surface area contributed by atoms with Gasteiger partial charge >= 0.3 is 6.09 Å². The SMILES string of the molecule is COc1ccc(CN2CCCC3(C2)CN(C)C(=O)O3)cc1Cn1cccn1. The molecule has 2 fully saturated rings. The molecule has 0 saturated carbocycles. The number of piperidine rings is 1. The fraction of sp³-hybridized carbons (Fsp3) is 0.500. The van der Waals surface area contributed by atoms with Crippen molar-refractivity contribution in [3.8, 4) is 5.75 Å². The van der Waals surface area contributed by atoms with Crippen molar-refractivity contribution in [2.75, 3.05) is 33.8 Å². The molecule has 7 nitrogen and oxygen atoms in total. The number of nitrogens with zero attached hydrogens (tertiary/aromatic N) is 4. The number of amides is 1. The molecule has 0 N–H and O–H groups in total. The van der Waals surface area contributed by atoms with E-state index >= 15 is 0 Å². The van der Waals surface area contributed by atoms with Gasteiger partial charge in [0.05, 0.1) is 20.2 Å². The van der Waals surface area contributed by atoms with Crippen LogP contribution in [0.25, 0.3) is 0 Å². The molecule has 27 heavy (non-hydrogen) atoms. The number of aromatic nitrogens is 2. The molecule has 1 amide bonds. The lowest BCUT2D eigenvalue weighted by Gasteiger charge is -2.38. The topological polar surface area (TPSA) is 59.8 Å². The van der Waals surface area contributed by atoms with Gasteiger partial charge in [0.2, 0.25) is 0 Å². The molecule has 0 bridgehead atoms. The Balaban J connectivity index is 1.48. The molecule has 2 saturated heterocycles. The molecular formula is C20H26N4O3. The lowest BCUT2D eigenvalue weighted by molar-refractivity contribution is -0.0113. The standard InChI is InChI=1S/C20H26N4O3/c1-22-14-20(27-19(22)25)7-3-9-23(15-20)12-16-5-6-18(26-2)17(11-16)13-24-10-4-8-21-24/h4-6,8,10-11H,3,7,9,12-15H2,1-2H3. The Morgan fingerprint density at radius 2 is 2.19 bits per heavy atom. The van der Waals surface area contributed by atoms with Gasteiger partial charge in [-0.15, -0.1) is 0 Å². The van der Waals surface area contributed by atoms with Crippen molar-refractivity contribution in [1.29, 1.82) is 0 Å². The summed E-state index contributed by atoms with van der Waals surface area (Å²) in [5.74, 6) is 0.871. The Morgan fingerprint density at radius 1 is 1.30 bits per heavy atom. The second-order valence-corrected chi connectivity index (χ2v) is 7.57. The third-order valence-corrected chi connectivity index (χ3v) is 5.40. The van der Waals surface area contributed by atoms with Crippen molar-refractivity contribution in [3.63, 3.8) is 0 Å². The van der Waals surface area contributed by atoms with Gasteiger partial charge in [-0.05, 0) is 43.1 Å². The molecule has 2 aromatic rings. The first-order valence-corrected chi connectivity index (χ1v) is 9.37. The second kappa shape index (κ2) is 7.23. The molecule has 0 radical (unpaired) electrons. The van der Waals surface area contributed by atoms with Crippen molar-refractivity contribution < 1.29 is 14.3 Å². The van der Waals surface area contributed by atoms with Crippen LogP contribution < -0.4 is 4.74 Å². The van der Waals surface area contributed by atoms with E-state index in [-0.39, 0.29) is 11.7 Å². The fourth-order valence-electron chi connectivity index (χ4n) is 4.21. The van der Waals surface area contributed by atoms with Crippen LogP contribution in [0, 0.1) is 0 Å². The zero-order valence-electron chi connectivity index (χ0n) is 15.9. The van der Waals surface area contributed by atoms with Crippen LogP contribution in [0.1, 0.15) is 24.0 Å². The van der Waals surface area contributed by atoms with E-state index in [1.807, 2.05) is 23.0 Å². The van der Waals surface area contributed by atoms with E-state index in [1.165, 1.54) is 5.56 Å². The summed E-state index contributed by atoms with van der Waals surface area (Å²) in [6, 6.07) is 8.24. The van der Waals surface area contributed by atoms with E-state index in [1.54, 1.807) is 25.3 Å². The van der Waals surface area contributed by atoms with Crippen LogP contribution >= 0.6 is 0 Å². The summed E-state index contributed by atoms with van der Waals surface area (Å²) in [6.45, 7) is 3.98. The second-order valence-electron chi connectivity index (χ2n) is 7.57. The summed E-state index contributed by atoms with van der Waals surface area (Å²) < 4.78 is 13.1. The highest BCUT2D eigenvalue weighted by Gasteiger charge is 2.46. The number of carbonyl (C=O) groups is 1. The van der Waals surface area contributed by atoms with E-state index in [9.17, 15) is 4.79 Å². The average molecular weight is 370 g/mol. The Kier molecular flexibility index (Phi) is 4.78. The lowest BCUT2D eigenvalue weighted by atomic mass is 9.92. The molecule has 1 aromatic carbocycles. The summed E-state index contributed by atoms with van der Waals surface area (Å²) in [6.07, 6.45) is 5.50. The third-order valence-electron chi connectivity index (χ3n) is 5.40. The minimum absolute atomic E-state index is 0.206. The maximum atomic E-state index is 11.8. The Bertz CT molecular complexity index is 808. The number of likely N-dealkylation sites (N-methyl/N-ethyl adjacent to an activating group) is 1. The zero-order valence-corrected chi connectivity index (χ0v) is 15.9. The van der Waals surface area contributed by atoms with Crippen LogP contribution in [0.5, 0.6) is 5.75 Å². The molecule has 0 aliphatic carbocycles. The molecule has 1 aromatic heterocycles. The number of methoxy groups -OCH3 is 1. The first kappa shape index (κ1) is 17.9. The molecular weight excluding hydrogens is 344 g/mol. The van der Waals surface area contributed by atoms with Gasteiger partial charge in [-0.3, -0.25) is 9.58 Å². The van der Waals surface area contributed by atoms with Crippen LogP contribution in [0.2, 0.25) is 0 Å². The van der Waals surface area contributed by atoms with Gasteiger partial charge in [0.25, 0.3) is 0 Å².